The summed E-state index contributed by atoms with van der Waals surface area (Å²) in [5.74, 6) is 0.500. The van der Waals surface area contributed by atoms with Gasteiger partial charge in [0, 0.05) is 32.5 Å². The molecule has 0 spiro atoms. The summed E-state index contributed by atoms with van der Waals surface area (Å²) < 4.78 is 32.2. The Morgan fingerprint density at radius 2 is 1.56 bits per heavy atom. The van der Waals surface area contributed by atoms with Crippen molar-refractivity contribution in [2.24, 2.45) is 5.92 Å². The molecule has 0 saturated heterocycles. The second-order valence-corrected chi connectivity index (χ2v) is 13.1. The Morgan fingerprint density at radius 1 is 0.907 bits per heavy atom. The third kappa shape index (κ3) is 10.7. The first-order valence-electron chi connectivity index (χ1n) is 14.8. The molecule has 9 heteroatoms. The van der Waals surface area contributed by atoms with E-state index in [9.17, 15) is 18.0 Å². The summed E-state index contributed by atoms with van der Waals surface area (Å²) in [7, 11) is -3.60. The lowest BCUT2D eigenvalue weighted by atomic mass is 10.0. The fourth-order valence-electron chi connectivity index (χ4n) is 4.75. The second kappa shape index (κ2) is 16.1. The maximum atomic E-state index is 13.9. The fraction of sp³-hybridized carbons (Fsp3) is 0.412. The van der Waals surface area contributed by atoms with Gasteiger partial charge in [0.15, 0.2) is 0 Å². The minimum absolute atomic E-state index is 0.0810. The Hall–Kier alpha value is -3.85. The highest BCUT2D eigenvalue weighted by atomic mass is 32.2. The van der Waals surface area contributed by atoms with E-state index in [1.807, 2.05) is 82.3 Å². The highest BCUT2D eigenvalue weighted by molar-refractivity contribution is 7.92. The molecule has 0 saturated carbocycles. The molecule has 0 aliphatic carbocycles. The van der Waals surface area contributed by atoms with Crippen LogP contribution in [0.15, 0.2) is 78.9 Å². The van der Waals surface area contributed by atoms with Gasteiger partial charge in [-0.25, -0.2) is 8.42 Å². The molecule has 0 aromatic heterocycles. The molecule has 0 aliphatic heterocycles. The summed E-state index contributed by atoms with van der Waals surface area (Å²) in [6.45, 7) is 9.34. The molecule has 3 aromatic rings. The van der Waals surface area contributed by atoms with E-state index < -0.39 is 16.1 Å². The van der Waals surface area contributed by atoms with Crippen molar-refractivity contribution in [1.82, 2.24) is 10.2 Å². The van der Waals surface area contributed by atoms with Gasteiger partial charge in [0.05, 0.1) is 18.6 Å². The Balaban J connectivity index is 1.85. The summed E-state index contributed by atoms with van der Waals surface area (Å²) in [5, 5.41) is 3.03. The number of hydrogen-bond acceptors (Lipinski definition) is 5. The van der Waals surface area contributed by atoms with Crippen LogP contribution in [0.25, 0.3) is 0 Å². The van der Waals surface area contributed by atoms with Crippen molar-refractivity contribution in [3.63, 3.8) is 0 Å². The molecule has 0 heterocycles. The number of ether oxygens (including phenoxy) is 1. The van der Waals surface area contributed by atoms with E-state index in [2.05, 4.69) is 5.32 Å². The fourth-order valence-corrected chi connectivity index (χ4v) is 5.71. The number of anilines is 1. The van der Waals surface area contributed by atoms with Crippen molar-refractivity contribution >= 4 is 27.5 Å². The quantitative estimate of drug-likeness (QED) is 0.237. The highest BCUT2D eigenvalue weighted by Crippen LogP contribution is 2.23. The zero-order chi connectivity index (χ0) is 31.4. The number of sulfonamides is 1. The van der Waals surface area contributed by atoms with Gasteiger partial charge < -0.3 is 15.0 Å². The van der Waals surface area contributed by atoms with Crippen LogP contribution < -0.4 is 14.4 Å². The van der Waals surface area contributed by atoms with Gasteiger partial charge in [0.25, 0.3) is 0 Å². The second-order valence-electron chi connectivity index (χ2n) is 11.2. The average Bonchev–Trinajstić information content (AvgIpc) is 2.97. The van der Waals surface area contributed by atoms with E-state index in [0.717, 1.165) is 22.9 Å². The number of benzene rings is 3. The van der Waals surface area contributed by atoms with Crippen LogP contribution in [0.5, 0.6) is 5.75 Å². The predicted molar refractivity (Wildman–Crippen MR) is 173 cm³/mol. The highest BCUT2D eigenvalue weighted by Gasteiger charge is 2.30. The Kier molecular flexibility index (Phi) is 12.6. The third-order valence-corrected chi connectivity index (χ3v) is 8.21. The van der Waals surface area contributed by atoms with Crippen LogP contribution in [-0.2, 0) is 32.6 Å². The lowest BCUT2D eigenvalue weighted by Gasteiger charge is -2.32. The molecule has 3 rings (SSSR count). The Bertz CT molecular complexity index is 1410. The van der Waals surface area contributed by atoms with Crippen LogP contribution in [0.1, 0.15) is 50.3 Å². The molecule has 0 radical (unpaired) electrons. The molecule has 43 heavy (non-hydrogen) atoms. The van der Waals surface area contributed by atoms with Crippen LogP contribution >= 0.6 is 0 Å². The maximum absolute atomic E-state index is 13.9. The molecule has 0 unspecified atom stereocenters. The van der Waals surface area contributed by atoms with Gasteiger partial charge in [-0.2, -0.15) is 0 Å². The van der Waals surface area contributed by atoms with Gasteiger partial charge in [-0.1, -0.05) is 74.0 Å². The standard InChI is InChI=1S/C34H45N3O5S/c1-6-42-31-20-18-30(19-21-31)37(43(5,40)41)22-10-13-33(38)36(25-29-16-14-27(4)15-17-29)32(34(39)35-24-26(2)3)23-28-11-8-7-9-12-28/h7-9,11-12,14-21,26,32H,6,10,13,22-25H2,1-5H3,(H,35,39)/t32-/m1/s1. The zero-order valence-electron chi connectivity index (χ0n) is 26.0. The first-order valence-corrected chi connectivity index (χ1v) is 16.7. The first kappa shape index (κ1) is 33.6. The molecule has 1 atom stereocenters. The molecule has 232 valence electrons. The lowest BCUT2D eigenvalue weighted by molar-refractivity contribution is -0.141. The van der Waals surface area contributed by atoms with Crippen LogP contribution in [0.4, 0.5) is 5.69 Å². The van der Waals surface area contributed by atoms with Crippen LogP contribution in [0, 0.1) is 12.8 Å². The SMILES string of the molecule is CCOc1ccc(N(CCCC(=O)N(Cc2ccc(C)cc2)[C@H](Cc2ccccc2)C(=O)NCC(C)C)S(C)(=O)=O)cc1. The summed E-state index contributed by atoms with van der Waals surface area (Å²) in [6.07, 6.45) is 1.89. The van der Waals surface area contributed by atoms with Crippen molar-refractivity contribution in [2.45, 2.75) is 59.5 Å². The Labute approximate surface area is 257 Å². The molecule has 3 aromatic carbocycles. The van der Waals surface area contributed by atoms with Crippen molar-refractivity contribution < 1.29 is 22.7 Å². The first-order chi connectivity index (χ1) is 20.5. The van der Waals surface area contributed by atoms with E-state index in [1.165, 1.54) is 4.31 Å². The molecule has 0 fully saturated rings. The minimum Gasteiger partial charge on any atom is -0.494 e. The van der Waals surface area contributed by atoms with Gasteiger partial charge in [0.1, 0.15) is 11.8 Å². The summed E-state index contributed by atoms with van der Waals surface area (Å²) in [4.78, 5) is 29.2. The number of aryl methyl sites for hydroxylation is 1. The van der Waals surface area contributed by atoms with Crippen LogP contribution in [0.3, 0.4) is 0 Å². The predicted octanol–water partition coefficient (Wildman–Crippen LogP) is 5.35. The van der Waals surface area contributed by atoms with Gasteiger partial charge in [-0.05, 0) is 61.6 Å². The summed E-state index contributed by atoms with van der Waals surface area (Å²) in [6, 6.07) is 23.7. The molecule has 2 amide bonds. The number of nitrogens with one attached hydrogen (secondary N) is 1. The van der Waals surface area contributed by atoms with Crippen molar-refractivity contribution in [2.75, 3.05) is 30.3 Å². The molecule has 0 aliphatic rings. The zero-order valence-corrected chi connectivity index (χ0v) is 26.8. The number of rotatable bonds is 16. The van der Waals surface area contributed by atoms with Crippen LogP contribution in [0.2, 0.25) is 0 Å². The van der Waals surface area contributed by atoms with E-state index in [1.54, 1.807) is 29.2 Å². The maximum Gasteiger partial charge on any atom is 0.243 e. The number of carbonyl (C=O) groups excluding carboxylic acids is 2. The third-order valence-electron chi connectivity index (χ3n) is 7.02. The smallest absolute Gasteiger partial charge is 0.243 e. The number of amides is 2. The molecular formula is C34H45N3O5S. The van der Waals surface area contributed by atoms with Gasteiger partial charge >= 0.3 is 0 Å². The largest absolute Gasteiger partial charge is 0.494 e. The number of hydrogen-bond donors (Lipinski definition) is 1. The van der Waals surface area contributed by atoms with Gasteiger partial charge in [-0.3, -0.25) is 13.9 Å². The Morgan fingerprint density at radius 3 is 2.14 bits per heavy atom. The number of carbonyl (C=O) groups is 2. The molecule has 1 N–H and O–H groups in total. The van der Waals surface area contributed by atoms with Gasteiger partial charge in [0.2, 0.25) is 21.8 Å². The minimum atomic E-state index is -3.60. The summed E-state index contributed by atoms with van der Waals surface area (Å²) in [5.41, 5.74) is 3.48. The van der Waals surface area contributed by atoms with E-state index >= 15 is 0 Å². The van der Waals surface area contributed by atoms with E-state index in [-0.39, 0.29) is 43.7 Å². The molecular weight excluding hydrogens is 562 g/mol. The monoisotopic (exact) mass is 607 g/mol. The van der Waals surface area contributed by atoms with E-state index in [4.69, 9.17) is 4.74 Å². The van der Waals surface area contributed by atoms with E-state index in [0.29, 0.717) is 31.0 Å². The molecule has 8 nitrogen and oxygen atoms in total. The van der Waals surface area contributed by atoms with Gasteiger partial charge in [-0.15, -0.1) is 0 Å². The molecule has 0 bridgehead atoms. The number of nitrogens with zero attached hydrogens (tertiary/aromatic N) is 2. The lowest BCUT2D eigenvalue weighted by Crippen LogP contribution is -2.51. The van der Waals surface area contributed by atoms with Crippen molar-refractivity contribution in [3.05, 3.63) is 95.6 Å². The van der Waals surface area contributed by atoms with Crippen LogP contribution in [-0.4, -0.2) is 57.1 Å². The van der Waals surface area contributed by atoms with Crippen molar-refractivity contribution in [3.8, 4) is 5.75 Å². The average molecular weight is 608 g/mol. The normalized spacial score (nSPS) is 12.0. The van der Waals surface area contributed by atoms with Crippen molar-refractivity contribution in [1.29, 1.82) is 0 Å². The summed E-state index contributed by atoms with van der Waals surface area (Å²) >= 11 is 0. The topological polar surface area (TPSA) is 96.0 Å².